The van der Waals surface area contributed by atoms with E-state index in [1.807, 2.05) is 43.3 Å². The molecule has 0 radical (unpaired) electrons. The Bertz CT molecular complexity index is 969. The van der Waals surface area contributed by atoms with Crippen molar-refractivity contribution < 1.29 is 14.4 Å². The van der Waals surface area contributed by atoms with Crippen molar-refractivity contribution in [2.24, 2.45) is 0 Å². The van der Waals surface area contributed by atoms with Crippen molar-refractivity contribution in [1.29, 1.82) is 0 Å². The highest BCUT2D eigenvalue weighted by Gasteiger charge is 2.32. The maximum Gasteiger partial charge on any atom is 0.222 e. The van der Waals surface area contributed by atoms with Crippen molar-refractivity contribution in [2.75, 3.05) is 38.2 Å². The summed E-state index contributed by atoms with van der Waals surface area (Å²) in [6.07, 6.45) is 0. The maximum absolute atomic E-state index is 13.3. The molecule has 5 nitrogen and oxygen atoms in total. The minimum absolute atomic E-state index is 0.0454. The second-order valence-corrected chi connectivity index (χ2v) is 7.60. The summed E-state index contributed by atoms with van der Waals surface area (Å²) in [6.45, 7) is 7.89. The average molecular weight is 378 g/mol. The molecule has 0 spiro atoms. The SMILES string of the molecule is COc1ccc(N2CC[NH+]([C@H](C)C(=O)c3c(C)[nH]c4ccccc34)CC2)cc1. The highest BCUT2D eigenvalue weighted by Crippen LogP contribution is 2.23. The van der Waals surface area contributed by atoms with E-state index in [0.29, 0.717) is 0 Å². The number of nitrogens with zero attached hydrogens (tertiary/aromatic N) is 1. The molecule has 3 aromatic rings. The molecular formula is C23H28N3O2+. The summed E-state index contributed by atoms with van der Waals surface area (Å²) in [7, 11) is 1.69. The highest BCUT2D eigenvalue weighted by atomic mass is 16.5. The zero-order valence-electron chi connectivity index (χ0n) is 16.8. The van der Waals surface area contributed by atoms with Crippen molar-refractivity contribution in [3.63, 3.8) is 0 Å². The minimum atomic E-state index is -0.0454. The van der Waals surface area contributed by atoms with Crippen LogP contribution < -0.4 is 14.5 Å². The van der Waals surface area contributed by atoms with Crippen LogP contribution in [0.1, 0.15) is 23.0 Å². The van der Waals surface area contributed by atoms with Gasteiger partial charge in [-0.15, -0.1) is 0 Å². The normalized spacial score (nSPS) is 16.3. The number of ether oxygens (including phenoxy) is 1. The average Bonchev–Trinajstić information content (AvgIpc) is 3.08. The van der Waals surface area contributed by atoms with Gasteiger partial charge in [-0.2, -0.15) is 0 Å². The molecule has 1 aromatic heterocycles. The van der Waals surface area contributed by atoms with E-state index in [-0.39, 0.29) is 11.8 Å². The zero-order valence-corrected chi connectivity index (χ0v) is 16.8. The van der Waals surface area contributed by atoms with Crippen LogP contribution in [0.15, 0.2) is 48.5 Å². The van der Waals surface area contributed by atoms with Gasteiger partial charge in [-0.05, 0) is 44.2 Å². The molecule has 5 heteroatoms. The predicted molar refractivity (Wildman–Crippen MR) is 113 cm³/mol. The summed E-state index contributed by atoms with van der Waals surface area (Å²) in [5.74, 6) is 1.11. The van der Waals surface area contributed by atoms with E-state index in [4.69, 9.17) is 4.74 Å². The van der Waals surface area contributed by atoms with Gasteiger partial charge in [-0.1, -0.05) is 18.2 Å². The Labute approximate surface area is 165 Å². The Balaban J connectivity index is 1.45. The first-order chi connectivity index (χ1) is 13.6. The largest absolute Gasteiger partial charge is 0.497 e. The van der Waals surface area contributed by atoms with E-state index < -0.39 is 0 Å². The number of rotatable bonds is 5. The number of quaternary nitrogens is 1. The van der Waals surface area contributed by atoms with Crippen molar-refractivity contribution in [2.45, 2.75) is 19.9 Å². The molecule has 0 aliphatic carbocycles. The van der Waals surface area contributed by atoms with E-state index >= 15 is 0 Å². The van der Waals surface area contributed by atoms with Gasteiger partial charge < -0.3 is 19.5 Å². The van der Waals surface area contributed by atoms with Crippen molar-refractivity contribution in [3.05, 3.63) is 59.8 Å². The van der Waals surface area contributed by atoms with Gasteiger partial charge in [-0.25, -0.2) is 0 Å². The van der Waals surface area contributed by atoms with Crippen LogP contribution in [-0.4, -0.2) is 50.1 Å². The lowest BCUT2D eigenvalue weighted by Crippen LogP contribution is -3.18. The fourth-order valence-corrected chi connectivity index (χ4v) is 4.27. The molecule has 0 amide bonds. The third-order valence-corrected chi connectivity index (χ3v) is 5.99. The van der Waals surface area contributed by atoms with Gasteiger partial charge in [0.25, 0.3) is 0 Å². The lowest BCUT2D eigenvalue weighted by molar-refractivity contribution is -0.914. The third kappa shape index (κ3) is 3.38. The molecule has 1 aliphatic rings. The van der Waals surface area contributed by atoms with E-state index in [0.717, 1.165) is 54.1 Å². The number of aromatic amines is 1. The Kier molecular flexibility index (Phi) is 5.09. The number of para-hydroxylation sites is 1. The van der Waals surface area contributed by atoms with E-state index in [1.165, 1.54) is 10.6 Å². The van der Waals surface area contributed by atoms with Crippen LogP contribution in [-0.2, 0) is 0 Å². The zero-order chi connectivity index (χ0) is 19.7. The number of aromatic nitrogens is 1. The summed E-state index contributed by atoms with van der Waals surface area (Å²) in [6, 6.07) is 16.2. The van der Waals surface area contributed by atoms with Gasteiger partial charge >= 0.3 is 0 Å². The summed E-state index contributed by atoms with van der Waals surface area (Å²) >= 11 is 0. The summed E-state index contributed by atoms with van der Waals surface area (Å²) < 4.78 is 5.24. The summed E-state index contributed by atoms with van der Waals surface area (Å²) in [5, 5.41) is 1.04. The summed E-state index contributed by atoms with van der Waals surface area (Å²) in [4.78, 5) is 20.4. The number of nitrogens with one attached hydrogen (secondary N) is 2. The van der Waals surface area contributed by atoms with Gasteiger partial charge in [0.15, 0.2) is 0 Å². The number of H-pyrrole nitrogens is 1. The first-order valence-corrected chi connectivity index (χ1v) is 9.93. The third-order valence-electron chi connectivity index (χ3n) is 5.99. The van der Waals surface area contributed by atoms with Crippen LogP contribution in [0, 0.1) is 6.92 Å². The van der Waals surface area contributed by atoms with Crippen LogP contribution in [0.5, 0.6) is 5.75 Å². The van der Waals surface area contributed by atoms with Gasteiger partial charge in [0, 0.05) is 22.3 Å². The quantitative estimate of drug-likeness (QED) is 0.671. The standard InChI is InChI=1S/C23H27N3O2/c1-16-22(20-6-4-5-7-21(20)24-16)23(27)17(2)25-12-14-26(15-13-25)18-8-10-19(28-3)11-9-18/h4-11,17,24H,12-15H2,1-3H3/p+1/t17-/m1/s1. The molecular weight excluding hydrogens is 350 g/mol. The van der Waals surface area contributed by atoms with Gasteiger partial charge in [0.05, 0.1) is 38.9 Å². The fourth-order valence-electron chi connectivity index (χ4n) is 4.27. The molecule has 146 valence electrons. The smallest absolute Gasteiger partial charge is 0.222 e. The van der Waals surface area contributed by atoms with Gasteiger partial charge in [0.1, 0.15) is 11.8 Å². The number of anilines is 1. The second kappa shape index (κ2) is 7.68. The molecule has 28 heavy (non-hydrogen) atoms. The lowest BCUT2D eigenvalue weighted by Gasteiger charge is -2.36. The molecule has 1 atom stereocenters. The number of methoxy groups -OCH3 is 1. The molecule has 0 unspecified atom stereocenters. The number of Topliss-reactive ketones (excluding diaryl/α,β-unsaturated/α-hetero) is 1. The monoisotopic (exact) mass is 378 g/mol. The number of piperazine rings is 1. The molecule has 1 fully saturated rings. The van der Waals surface area contributed by atoms with Crippen molar-refractivity contribution in [3.8, 4) is 5.75 Å². The van der Waals surface area contributed by atoms with Crippen LogP contribution in [0.2, 0.25) is 0 Å². The van der Waals surface area contributed by atoms with Gasteiger partial charge in [0.2, 0.25) is 5.78 Å². The fraction of sp³-hybridized carbons (Fsp3) is 0.348. The number of ketones is 1. The number of benzene rings is 2. The molecule has 2 aromatic carbocycles. The number of carbonyl (C=O) groups is 1. The van der Waals surface area contributed by atoms with E-state index in [1.54, 1.807) is 7.11 Å². The lowest BCUT2D eigenvalue weighted by atomic mass is 10.0. The Morgan fingerprint density at radius 1 is 1.11 bits per heavy atom. The van der Waals surface area contributed by atoms with Crippen LogP contribution in [0.4, 0.5) is 5.69 Å². The minimum Gasteiger partial charge on any atom is -0.497 e. The van der Waals surface area contributed by atoms with Gasteiger partial charge in [-0.3, -0.25) is 4.79 Å². The Morgan fingerprint density at radius 3 is 2.46 bits per heavy atom. The molecule has 0 saturated carbocycles. The number of fused-ring (bicyclic) bond motifs is 1. The van der Waals surface area contributed by atoms with Crippen molar-refractivity contribution in [1.82, 2.24) is 4.98 Å². The number of aryl methyl sites for hydroxylation is 1. The molecule has 1 saturated heterocycles. The molecule has 0 bridgehead atoms. The summed E-state index contributed by atoms with van der Waals surface area (Å²) in [5.41, 5.74) is 4.07. The first-order valence-electron chi connectivity index (χ1n) is 9.93. The van der Waals surface area contributed by atoms with E-state index in [2.05, 4.69) is 28.9 Å². The number of hydrogen-bond donors (Lipinski definition) is 2. The van der Waals surface area contributed by atoms with E-state index in [9.17, 15) is 4.79 Å². The van der Waals surface area contributed by atoms with Crippen LogP contribution in [0.25, 0.3) is 10.9 Å². The number of carbonyl (C=O) groups excluding carboxylic acids is 1. The number of hydrogen-bond acceptors (Lipinski definition) is 3. The molecule has 2 N–H and O–H groups in total. The van der Waals surface area contributed by atoms with Crippen LogP contribution >= 0.6 is 0 Å². The second-order valence-electron chi connectivity index (χ2n) is 7.60. The highest BCUT2D eigenvalue weighted by molar-refractivity contribution is 6.10. The van der Waals surface area contributed by atoms with Crippen LogP contribution in [0.3, 0.4) is 0 Å². The topological polar surface area (TPSA) is 49.8 Å². The molecule has 2 heterocycles. The first kappa shape index (κ1) is 18.6. The predicted octanol–water partition coefficient (Wildman–Crippen LogP) is 2.46. The van der Waals surface area contributed by atoms with Crippen molar-refractivity contribution >= 4 is 22.4 Å². The Morgan fingerprint density at radius 2 is 1.79 bits per heavy atom. The molecule has 4 rings (SSSR count). The molecule has 1 aliphatic heterocycles. The Hall–Kier alpha value is -2.79. The maximum atomic E-state index is 13.3.